The molecule has 186 valence electrons. The largest absolute Gasteiger partial charge is 0.489 e. The van der Waals surface area contributed by atoms with E-state index in [0.29, 0.717) is 39.6 Å². The molecule has 1 aromatic heterocycles. The van der Waals surface area contributed by atoms with Crippen molar-refractivity contribution in [3.63, 3.8) is 0 Å². The number of nitrogens with zero attached hydrogens (tertiary/aromatic N) is 1. The zero-order valence-electron chi connectivity index (χ0n) is 21.6. The summed E-state index contributed by atoms with van der Waals surface area (Å²) < 4.78 is 12.7. The summed E-state index contributed by atoms with van der Waals surface area (Å²) in [5, 5.41) is 2.67. The Morgan fingerprint density at radius 1 is 1.15 bits per heavy atom. The fourth-order valence-electron chi connectivity index (χ4n) is 10.4. The van der Waals surface area contributed by atoms with E-state index >= 15 is 0 Å². The number of rotatable bonds is 5. The number of hydrogen-bond acceptors (Lipinski definition) is 4. The van der Waals surface area contributed by atoms with Crippen molar-refractivity contribution in [2.75, 3.05) is 14.2 Å². The van der Waals surface area contributed by atoms with Crippen LogP contribution in [0.4, 0.5) is 0 Å². The second-order valence-electron chi connectivity index (χ2n) is 12.8. The number of nitrogens with one attached hydrogen (secondary N) is 1. The predicted octanol–water partition coefficient (Wildman–Crippen LogP) is 5.49. The van der Waals surface area contributed by atoms with Gasteiger partial charge in [0, 0.05) is 31.7 Å². The van der Waals surface area contributed by atoms with Crippen molar-refractivity contribution in [2.45, 2.75) is 84.3 Å². The maximum atomic E-state index is 12.0. The average Bonchev–Trinajstić information content (AvgIpc) is 3.34. The molecule has 1 heterocycles. The third-order valence-corrected chi connectivity index (χ3v) is 12.0. The second kappa shape index (κ2) is 7.69. The number of methoxy groups -OCH3 is 1. The first-order valence-electron chi connectivity index (χ1n) is 13.6. The third kappa shape index (κ3) is 2.88. The van der Waals surface area contributed by atoms with E-state index in [1.807, 2.05) is 13.2 Å². The van der Waals surface area contributed by atoms with Crippen molar-refractivity contribution in [1.29, 1.82) is 0 Å². The molecule has 5 aliphatic rings. The summed E-state index contributed by atoms with van der Waals surface area (Å²) in [6, 6.07) is 1.82. The molecule has 5 aliphatic carbocycles. The zero-order chi connectivity index (χ0) is 23.9. The van der Waals surface area contributed by atoms with Gasteiger partial charge in [-0.1, -0.05) is 13.8 Å². The SMILES string of the molecule is CNC(=O)c1cncc(O[C@@H](C)[C@H]2CC[C@H]3[C@@H]4CC(OC)[C@]56C[C@H]5CC[C@]6(C)[C@H]4CC[C@]23C)c1. The van der Waals surface area contributed by atoms with Gasteiger partial charge in [-0.25, -0.2) is 0 Å². The van der Waals surface area contributed by atoms with Crippen LogP contribution < -0.4 is 10.1 Å². The van der Waals surface area contributed by atoms with Crippen LogP contribution in [0.1, 0.15) is 82.5 Å². The minimum absolute atomic E-state index is 0.108. The van der Waals surface area contributed by atoms with E-state index in [0.717, 1.165) is 23.7 Å². The summed E-state index contributed by atoms with van der Waals surface area (Å²) >= 11 is 0. The van der Waals surface area contributed by atoms with E-state index in [-0.39, 0.29) is 12.0 Å². The van der Waals surface area contributed by atoms with Gasteiger partial charge in [-0.05, 0) is 98.9 Å². The fraction of sp³-hybridized carbons (Fsp3) is 0.793. The molecule has 1 N–H and O–H groups in total. The number of carbonyl (C=O) groups is 1. The molecule has 5 fully saturated rings. The lowest BCUT2D eigenvalue weighted by molar-refractivity contribution is -0.162. The summed E-state index contributed by atoms with van der Waals surface area (Å²) in [6.45, 7) is 7.45. The highest BCUT2D eigenvalue weighted by Crippen LogP contribution is 2.82. The average molecular weight is 467 g/mol. The number of pyridine rings is 1. The number of fused-ring (bicyclic) bond motifs is 4. The van der Waals surface area contributed by atoms with Crippen LogP contribution in [-0.4, -0.2) is 37.3 Å². The molecule has 1 spiro atoms. The smallest absolute Gasteiger partial charge is 0.252 e. The maximum absolute atomic E-state index is 12.0. The van der Waals surface area contributed by atoms with Crippen LogP contribution in [0.15, 0.2) is 18.5 Å². The molecule has 5 saturated carbocycles. The third-order valence-electron chi connectivity index (χ3n) is 12.0. The Kier molecular flexibility index (Phi) is 5.16. The first-order chi connectivity index (χ1) is 16.3. The lowest BCUT2D eigenvalue weighted by Gasteiger charge is -2.61. The van der Waals surface area contributed by atoms with Gasteiger partial charge in [0.2, 0.25) is 0 Å². The van der Waals surface area contributed by atoms with Crippen LogP contribution in [0.3, 0.4) is 0 Å². The summed E-state index contributed by atoms with van der Waals surface area (Å²) in [4.78, 5) is 16.3. The molecule has 0 aliphatic heterocycles. The van der Waals surface area contributed by atoms with Gasteiger partial charge in [0.15, 0.2) is 0 Å². The highest BCUT2D eigenvalue weighted by molar-refractivity contribution is 5.93. The van der Waals surface area contributed by atoms with Crippen molar-refractivity contribution in [2.24, 2.45) is 45.8 Å². The Hall–Kier alpha value is -1.62. The van der Waals surface area contributed by atoms with E-state index in [2.05, 4.69) is 31.1 Å². The van der Waals surface area contributed by atoms with Gasteiger partial charge < -0.3 is 14.8 Å². The molecule has 10 atom stereocenters. The van der Waals surface area contributed by atoms with Crippen LogP contribution in [0.5, 0.6) is 5.75 Å². The number of amides is 1. The quantitative estimate of drug-likeness (QED) is 0.623. The molecule has 5 nitrogen and oxygen atoms in total. The van der Waals surface area contributed by atoms with Crippen LogP contribution in [-0.2, 0) is 4.74 Å². The Bertz CT molecular complexity index is 982. The van der Waals surface area contributed by atoms with Crippen molar-refractivity contribution in [1.82, 2.24) is 10.3 Å². The molecule has 6 rings (SSSR count). The molecular weight excluding hydrogens is 424 g/mol. The van der Waals surface area contributed by atoms with Crippen LogP contribution in [0.25, 0.3) is 0 Å². The lowest BCUT2D eigenvalue weighted by atomic mass is 9.45. The van der Waals surface area contributed by atoms with Crippen molar-refractivity contribution in [3.05, 3.63) is 24.0 Å². The molecule has 1 unspecified atom stereocenters. The molecule has 34 heavy (non-hydrogen) atoms. The zero-order valence-corrected chi connectivity index (χ0v) is 21.6. The Labute approximate surface area is 204 Å². The topological polar surface area (TPSA) is 60.5 Å². The molecule has 1 amide bonds. The molecule has 0 radical (unpaired) electrons. The highest BCUT2D eigenvalue weighted by atomic mass is 16.5. The van der Waals surface area contributed by atoms with Gasteiger partial charge >= 0.3 is 0 Å². The second-order valence-corrected chi connectivity index (χ2v) is 12.8. The van der Waals surface area contributed by atoms with Gasteiger partial charge in [0.05, 0.1) is 24.0 Å². The van der Waals surface area contributed by atoms with Crippen LogP contribution >= 0.6 is 0 Å². The highest BCUT2D eigenvalue weighted by Gasteiger charge is 2.77. The number of hydrogen-bond donors (Lipinski definition) is 1. The standard InChI is InChI=1S/C29H42N2O3/c1-17(34-20-12-18(15-31-16-20)26(32)30-4)22-6-7-23-21-13-25(33-5)29-14-19(29)8-11-28(29,3)24(21)9-10-27(22,23)2/h12,15-17,19,21-25H,6-11,13-14H2,1-5H3,(H,30,32)/t17-,19+,21-,22+,23-,24-,25?,27+,28+,29-/m0/s1. The number of aromatic nitrogens is 1. The van der Waals surface area contributed by atoms with E-state index in [9.17, 15) is 4.79 Å². The van der Waals surface area contributed by atoms with Gasteiger partial charge in [0.25, 0.3) is 5.91 Å². The minimum Gasteiger partial charge on any atom is -0.489 e. The monoisotopic (exact) mass is 466 g/mol. The van der Waals surface area contributed by atoms with E-state index < -0.39 is 0 Å². The summed E-state index contributed by atoms with van der Waals surface area (Å²) in [6.07, 6.45) is 14.7. The molecular formula is C29H42N2O3. The number of carbonyl (C=O) groups excluding carboxylic acids is 1. The van der Waals surface area contributed by atoms with E-state index in [4.69, 9.17) is 9.47 Å². The first-order valence-corrected chi connectivity index (χ1v) is 13.6. The molecule has 5 heteroatoms. The predicted molar refractivity (Wildman–Crippen MR) is 132 cm³/mol. The van der Waals surface area contributed by atoms with Gasteiger partial charge in [-0.2, -0.15) is 0 Å². The normalized spacial score (nSPS) is 47.1. The Balaban J connectivity index is 1.23. The Morgan fingerprint density at radius 3 is 2.71 bits per heavy atom. The Morgan fingerprint density at radius 2 is 1.97 bits per heavy atom. The van der Waals surface area contributed by atoms with Crippen molar-refractivity contribution >= 4 is 5.91 Å². The van der Waals surface area contributed by atoms with Crippen molar-refractivity contribution in [3.8, 4) is 5.75 Å². The van der Waals surface area contributed by atoms with Gasteiger partial charge in [0.1, 0.15) is 5.75 Å². The molecule has 0 saturated heterocycles. The molecule has 1 aromatic rings. The van der Waals surface area contributed by atoms with E-state index in [1.165, 1.54) is 51.4 Å². The van der Waals surface area contributed by atoms with Crippen LogP contribution in [0, 0.1) is 45.8 Å². The summed E-state index contributed by atoms with van der Waals surface area (Å²) in [5.74, 6) is 4.46. The summed E-state index contributed by atoms with van der Waals surface area (Å²) in [5.41, 5.74) is 1.84. The van der Waals surface area contributed by atoms with E-state index in [1.54, 1.807) is 19.4 Å². The lowest BCUT2D eigenvalue weighted by Crippen LogP contribution is -2.57. The fourth-order valence-corrected chi connectivity index (χ4v) is 10.4. The van der Waals surface area contributed by atoms with Gasteiger partial charge in [-0.3, -0.25) is 9.78 Å². The molecule has 0 aromatic carbocycles. The van der Waals surface area contributed by atoms with Crippen LogP contribution in [0.2, 0.25) is 0 Å². The maximum Gasteiger partial charge on any atom is 0.252 e. The van der Waals surface area contributed by atoms with Crippen molar-refractivity contribution < 1.29 is 14.3 Å². The van der Waals surface area contributed by atoms with Gasteiger partial charge in [-0.15, -0.1) is 0 Å². The number of ether oxygens (including phenoxy) is 2. The summed E-state index contributed by atoms with van der Waals surface area (Å²) in [7, 11) is 3.62. The molecule has 0 bridgehead atoms. The minimum atomic E-state index is -0.127. The first kappa shape index (κ1) is 22.8.